The molecule has 2 rings (SSSR count). The lowest BCUT2D eigenvalue weighted by Gasteiger charge is -2.40. The van der Waals surface area contributed by atoms with Crippen LogP contribution in [0.1, 0.15) is 33.3 Å². The molecular formula is C14H19NO. The Bertz CT molecular complexity index is 420. The fourth-order valence-corrected chi connectivity index (χ4v) is 2.40. The van der Waals surface area contributed by atoms with Gasteiger partial charge in [-0.2, -0.15) is 0 Å². The quantitative estimate of drug-likeness (QED) is 0.708. The summed E-state index contributed by atoms with van der Waals surface area (Å²) in [4.78, 5) is 14.3. The maximum atomic E-state index is 12.4. The average molecular weight is 217 g/mol. The zero-order chi connectivity index (χ0) is 11.9. The highest BCUT2D eigenvalue weighted by molar-refractivity contribution is 6.00. The van der Waals surface area contributed by atoms with Gasteiger partial charge >= 0.3 is 0 Å². The number of rotatable bonds is 1. The monoisotopic (exact) mass is 217 g/mol. The Morgan fingerprint density at radius 2 is 1.88 bits per heavy atom. The van der Waals surface area contributed by atoms with Crippen molar-refractivity contribution in [3.63, 3.8) is 0 Å². The SMILES string of the molecule is CC(C)N1C(=O)C(C)(C)Cc2ccccc21. The van der Waals surface area contributed by atoms with Gasteiger partial charge in [-0.25, -0.2) is 0 Å². The first-order valence-electron chi connectivity index (χ1n) is 5.85. The molecule has 0 aliphatic carbocycles. The van der Waals surface area contributed by atoms with Crippen molar-refractivity contribution >= 4 is 11.6 Å². The topological polar surface area (TPSA) is 20.3 Å². The molecule has 0 unspecified atom stereocenters. The highest BCUT2D eigenvalue weighted by Gasteiger charge is 2.39. The Labute approximate surface area is 97.3 Å². The van der Waals surface area contributed by atoms with Gasteiger partial charge in [0.2, 0.25) is 5.91 Å². The van der Waals surface area contributed by atoms with E-state index in [4.69, 9.17) is 0 Å². The van der Waals surface area contributed by atoms with E-state index >= 15 is 0 Å². The molecule has 0 saturated carbocycles. The van der Waals surface area contributed by atoms with Gasteiger partial charge in [0, 0.05) is 17.1 Å². The van der Waals surface area contributed by atoms with Crippen LogP contribution in [0.4, 0.5) is 5.69 Å². The number of hydrogen-bond donors (Lipinski definition) is 0. The fourth-order valence-electron chi connectivity index (χ4n) is 2.40. The maximum absolute atomic E-state index is 12.4. The van der Waals surface area contributed by atoms with Crippen LogP contribution in [0.3, 0.4) is 0 Å². The molecule has 1 aliphatic heterocycles. The highest BCUT2D eigenvalue weighted by atomic mass is 16.2. The van der Waals surface area contributed by atoms with Crippen molar-refractivity contribution in [3.8, 4) is 0 Å². The molecule has 2 heteroatoms. The summed E-state index contributed by atoms with van der Waals surface area (Å²) in [5, 5.41) is 0. The van der Waals surface area contributed by atoms with Crippen LogP contribution in [0.5, 0.6) is 0 Å². The number of benzene rings is 1. The van der Waals surface area contributed by atoms with Gasteiger partial charge in [0.15, 0.2) is 0 Å². The van der Waals surface area contributed by atoms with Crippen LogP contribution in [0.15, 0.2) is 24.3 Å². The van der Waals surface area contributed by atoms with E-state index in [1.807, 2.05) is 36.9 Å². The van der Waals surface area contributed by atoms with E-state index in [1.54, 1.807) is 0 Å². The Hall–Kier alpha value is -1.31. The van der Waals surface area contributed by atoms with Crippen LogP contribution in [0, 0.1) is 5.41 Å². The number of anilines is 1. The van der Waals surface area contributed by atoms with Crippen molar-refractivity contribution in [1.29, 1.82) is 0 Å². The van der Waals surface area contributed by atoms with Gasteiger partial charge < -0.3 is 4.90 Å². The van der Waals surface area contributed by atoms with Crippen molar-refractivity contribution in [2.45, 2.75) is 40.2 Å². The number of fused-ring (bicyclic) bond motifs is 1. The van der Waals surface area contributed by atoms with Crippen LogP contribution in [-0.2, 0) is 11.2 Å². The van der Waals surface area contributed by atoms with E-state index in [9.17, 15) is 4.79 Å². The van der Waals surface area contributed by atoms with Crippen LogP contribution in [-0.4, -0.2) is 11.9 Å². The van der Waals surface area contributed by atoms with E-state index < -0.39 is 0 Å². The first-order valence-corrected chi connectivity index (χ1v) is 5.85. The fraction of sp³-hybridized carbons (Fsp3) is 0.500. The van der Waals surface area contributed by atoms with E-state index in [0.29, 0.717) is 0 Å². The molecule has 0 fully saturated rings. The van der Waals surface area contributed by atoms with Crippen LogP contribution >= 0.6 is 0 Å². The second-order valence-corrected chi connectivity index (χ2v) is 5.46. The molecule has 1 heterocycles. The zero-order valence-electron chi connectivity index (χ0n) is 10.4. The first kappa shape index (κ1) is 11.2. The van der Waals surface area contributed by atoms with Crippen molar-refractivity contribution < 1.29 is 4.79 Å². The third kappa shape index (κ3) is 1.62. The third-order valence-electron chi connectivity index (χ3n) is 3.20. The van der Waals surface area contributed by atoms with Crippen molar-refractivity contribution in [2.75, 3.05) is 4.90 Å². The summed E-state index contributed by atoms with van der Waals surface area (Å²) in [6, 6.07) is 8.43. The Kier molecular flexibility index (Phi) is 2.53. The Morgan fingerprint density at radius 3 is 2.50 bits per heavy atom. The second kappa shape index (κ2) is 3.62. The van der Waals surface area contributed by atoms with Gasteiger partial charge in [-0.3, -0.25) is 4.79 Å². The lowest BCUT2D eigenvalue weighted by molar-refractivity contribution is -0.127. The molecule has 0 bridgehead atoms. The number of carbonyl (C=O) groups is 1. The molecule has 0 aromatic heterocycles. The minimum absolute atomic E-state index is 0.216. The van der Waals surface area contributed by atoms with Crippen molar-refractivity contribution in [3.05, 3.63) is 29.8 Å². The molecule has 2 nitrogen and oxygen atoms in total. The standard InChI is InChI=1S/C14H19NO/c1-10(2)15-12-8-6-5-7-11(12)9-14(3,4)13(15)16/h5-8,10H,9H2,1-4H3. The molecule has 0 spiro atoms. The van der Waals surface area contributed by atoms with Gasteiger partial charge in [0.05, 0.1) is 0 Å². The van der Waals surface area contributed by atoms with Gasteiger partial charge in [0.1, 0.15) is 0 Å². The summed E-state index contributed by atoms with van der Waals surface area (Å²) >= 11 is 0. The van der Waals surface area contributed by atoms with E-state index in [2.05, 4.69) is 19.9 Å². The van der Waals surface area contributed by atoms with Crippen LogP contribution in [0.2, 0.25) is 0 Å². The predicted octanol–water partition coefficient (Wildman–Crippen LogP) is 3.01. The summed E-state index contributed by atoms with van der Waals surface area (Å²) in [6.07, 6.45) is 0.839. The normalized spacial score (nSPS) is 18.8. The summed E-state index contributed by atoms with van der Waals surface area (Å²) < 4.78 is 0. The van der Waals surface area contributed by atoms with E-state index in [1.165, 1.54) is 5.56 Å². The van der Waals surface area contributed by atoms with E-state index in [0.717, 1.165) is 12.1 Å². The summed E-state index contributed by atoms with van der Waals surface area (Å²) in [5.74, 6) is 0.237. The molecular weight excluding hydrogens is 198 g/mol. The van der Waals surface area contributed by atoms with Gasteiger partial charge in [-0.05, 0) is 31.9 Å². The van der Waals surface area contributed by atoms with Crippen molar-refractivity contribution in [2.24, 2.45) is 5.41 Å². The maximum Gasteiger partial charge on any atom is 0.233 e. The summed E-state index contributed by atoms with van der Waals surface area (Å²) in [5.41, 5.74) is 2.08. The summed E-state index contributed by atoms with van der Waals surface area (Å²) in [6.45, 7) is 8.19. The van der Waals surface area contributed by atoms with Crippen molar-refractivity contribution in [1.82, 2.24) is 0 Å². The zero-order valence-corrected chi connectivity index (χ0v) is 10.4. The Morgan fingerprint density at radius 1 is 1.25 bits per heavy atom. The average Bonchev–Trinajstić information content (AvgIpc) is 2.18. The Balaban J connectivity index is 2.56. The molecule has 1 amide bonds. The highest BCUT2D eigenvalue weighted by Crippen LogP contribution is 2.37. The largest absolute Gasteiger partial charge is 0.309 e. The van der Waals surface area contributed by atoms with Gasteiger partial charge in [-0.1, -0.05) is 32.0 Å². The number of hydrogen-bond acceptors (Lipinski definition) is 1. The third-order valence-corrected chi connectivity index (χ3v) is 3.20. The molecule has 0 N–H and O–H groups in total. The molecule has 1 aliphatic rings. The van der Waals surface area contributed by atoms with Gasteiger partial charge in [-0.15, -0.1) is 0 Å². The molecule has 0 atom stereocenters. The molecule has 1 aromatic carbocycles. The molecule has 16 heavy (non-hydrogen) atoms. The summed E-state index contributed by atoms with van der Waals surface area (Å²) in [7, 11) is 0. The van der Waals surface area contributed by atoms with Crippen LogP contribution in [0.25, 0.3) is 0 Å². The first-order chi connectivity index (χ1) is 7.43. The molecule has 86 valence electrons. The smallest absolute Gasteiger partial charge is 0.233 e. The van der Waals surface area contributed by atoms with Gasteiger partial charge in [0.25, 0.3) is 0 Å². The number of amides is 1. The number of carbonyl (C=O) groups excluding carboxylic acids is 1. The van der Waals surface area contributed by atoms with Crippen LogP contribution < -0.4 is 4.90 Å². The van der Waals surface area contributed by atoms with E-state index in [-0.39, 0.29) is 17.4 Å². The molecule has 0 radical (unpaired) electrons. The molecule has 0 saturated heterocycles. The minimum atomic E-state index is -0.279. The second-order valence-electron chi connectivity index (χ2n) is 5.46. The molecule has 1 aromatic rings. The lowest BCUT2D eigenvalue weighted by atomic mass is 9.80. The number of para-hydroxylation sites is 1. The lowest BCUT2D eigenvalue weighted by Crippen LogP contribution is -2.49. The minimum Gasteiger partial charge on any atom is -0.309 e. The predicted molar refractivity (Wildman–Crippen MR) is 66.5 cm³/mol. The number of nitrogens with zero attached hydrogens (tertiary/aromatic N) is 1.